The van der Waals surface area contributed by atoms with E-state index in [-0.39, 0.29) is 0 Å². The highest BCUT2D eigenvalue weighted by Gasteiger charge is 2.18. The Morgan fingerprint density at radius 3 is 3.00 bits per heavy atom. The number of carbonyl (C=O) groups excluding carboxylic acids is 1. The highest BCUT2D eigenvalue weighted by atomic mass is 16.1. The van der Waals surface area contributed by atoms with Crippen molar-refractivity contribution in [1.29, 1.82) is 0 Å². The summed E-state index contributed by atoms with van der Waals surface area (Å²) >= 11 is 0. The molecule has 1 radical (unpaired) electrons. The second-order valence-electron chi connectivity index (χ2n) is 2.61. The molecule has 2 heteroatoms. The molecule has 9 heavy (non-hydrogen) atoms. The van der Waals surface area contributed by atoms with Crippen LogP contribution in [0.15, 0.2) is 0 Å². The maximum absolute atomic E-state index is 9.94. The van der Waals surface area contributed by atoms with E-state index in [0.717, 1.165) is 6.54 Å². The summed E-state index contributed by atoms with van der Waals surface area (Å²) < 4.78 is 0. The van der Waals surface area contributed by atoms with Gasteiger partial charge in [0, 0.05) is 6.04 Å². The lowest BCUT2D eigenvalue weighted by Crippen LogP contribution is -2.28. The zero-order valence-electron chi connectivity index (χ0n) is 5.76. The average Bonchev–Trinajstić information content (AvgIpc) is 2.18. The largest absolute Gasteiger partial charge is 0.293 e. The molecule has 51 valence electrons. The number of nitrogens with zero attached hydrogens (tertiary/aromatic N) is 1. The molecular formula is C7H12NO. The molecule has 1 heterocycles. The Morgan fingerprint density at radius 2 is 2.56 bits per heavy atom. The summed E-state index contributed by atoms with van der Waals surface area (Å²) in [4.78, 5) is 12.1. The zero-order chi connectivity index (χ0) is 6.69. The predicted molar refractivity (Wildman–Crippen MR) is 36.0 cm³/mol. The Balaban J connectivity index is 2.30. The van der Waals surface area contributed by atoms with Gasteiger partial charge in [0.2, 0.25) is 6.29 Å². The molecule has 0 aromatic carbocycles. The summed E-state index contributed by atoms with van der Waals surface area (Å²) in [6.45, 7) is 3.74. The molecule has 0 bridgehead atoms. The van der Waals surface area contributed by atoms with Crippen LogP contribution in [-0.4, -0.2) is 30.3 Å². The van der Waals surface area contributed by atoms with Crippen LogP contribution in [0.25, 0.3) is 0 Å². The van der Waals surface area contributed by atoms with Gasteiger partial charge in [0.1, 0.15) is 0 Å². The third-order valence-corrected chi connectivity index (χ3v) is 1.96. The van der Waals surface area contributed by atoms with Gasteiger partial charge < -0.3 is 0 Å². The second-order valence-corrected chi connectivity index (χ2v) is 2.61. The molecule has 0 N–H and O–H groups in total. The van der Waals surface area contributed by atoms with Crippen molar-refractivity contribution in [3.8, 4) is 0 Å². The SMILES string of the molecule is CC1CCCN1C[C]=O. The van der Waals surface area contributed by atoms with E-state index in [2.05, 4.69) is 11.8 Å². The van der Waals surface area contributed by atoms with Crippen LogP contribution in [0.5, 0.6) is 0 Å². The van der Waals surface area contributed by atoms with Gasteiger partial charge in [-0.25, -0.2) is 0 Å². The lowest BCUT2D eigenvalue weighted by atomic mass is 10.2. The monoisotopic (exact) mass is 126 g/mol. The molecular weight excluding hydrogens is 114 g/mol. The van der Waals surface area contributed by atoms with E-state index in [1.54, 1.807) is 0 Å². The van der Waals surface area contributed by atoms with Crippen molar-refractivity contribution in [3.05, 3.63) is 0 Å². The fraction of sp³-hybridized carbons (Fsp3) is 0.857. The van der Waals surface area contributed by atoms with Gasteiger partial charge in [0.05, 0.1) is 6.54 Å². The van der Waals surface area contributed by atoms with Crippen LogP contribution in [0.2, 0.25) is 0 Å². The fourth-order valence-corrected chi connectivity index (χ4v) is 1.31. The smallest absolute Gasteiger partial charge is 0.213 e. The topological polar surface area (TPSA) is 20.3 Å². The molecule has 0 spiro atoms. The van der Waals surface area contributed by atoms with Crippen LogP contribution in [0.1, 0.15) is 19.8 Å². The highest BCUT2D eigenvalue weighted by Crippen LogP contribution is 2.14. The maximum atomic E-state index is 9.94. The standard InChI is InChI=1S/C7H12NO/c1-7-3-2-4-8(7)5-6-9/h7H,2-5H2,1H3. The lowest BCUT2D eigenvalue weighted by Gasteiger charge is -2.16. The summed E-state index contributed by atoms with van der Waals surface area (Å²) in [5, 5.41) is 0. The maximum Gasteiger partial charge on any atom is 0.213 e. The van der Waals surface area contributed by atoms with Crippen molar-refractivity contribution in [2.45, 2.75) is 25.8 Å². The van der Waals surface area contributed by atoms with Gasteiger partial charge in [-0.3, -0.25) is 9.69 Å². The molecule has 0 aliphatic carbocycles. The van der Waals surface area contributed by atoms with Crippen molar-refractivity contribution in [1.82, 2.24) is 4.90 Å². The van der Waals surface area contributed by atoms with Crippen molar-refractivity contribution < 1.29 is 4.79 Å². The van der Waals surface area contributed by atoms with E-state index in [9.17, 15) is 4.79 Å². The molecule has 1 aliphatic heterocycles. The van der Waals surface area contributed by atoms with E-state index in [0.29, 0.717) is 12.6 Å². The molecule has 0 aromatic rings. The Hall–Kier alpha value is -0.370. The van der Waals surface area contributed by atoms with Gasteiger partial charge >= 0.3 is 0 Å². The summed E-state index contributed by atoms with van der Waals surface area (Å²) in [6, 6.07) is 0.603. The Morgan fingerprint density at radius 1 is 1.78 bits per heavy atom. The average molecular weight is 126 g/mol. The molecule has 1 atom stereocenters. The quantitative estimate of drug-likeness (QED) is 0.539. The summed E-state index contributed by atoms with van der Waals surface area (Å²) in [5.41, 5.74) is 0. The summed E-state index contributed by atoms with van der Waals surface area (Å²) in [6.07, 6.45) is 4.39. The molecule has 1 fully saturated rings. The fourth-order valence-electron chi connectivity index (χ4n) is 1.31. The van der Waals surface area contributed by atoms with Crippen molar-refractivity contribution in [3.63, 3.8) is 0 Å². The first-order chi connectivity index (χ1) is 4.34. The van der Waals surface area contributed by atoms with E-state index in [4.69, 9.17) is 0 Å². The first-order valence-electron chi connectivity index (χ1n) is 3.43. The highest BCUT2D eigenvalue weighted by molar-refractivity contribution is 5.53. The van der Waals surface area contributed by atoms with Crippen molar-refractivity contribution in [2.24, 2.45) is 0 Å². The Kier molecular flexibility index (Phi) is 2.22. The molecule has 1 aliphatic rings. The first-order valence-corrected chi connectivity index (χ1v) is 3.43. The molecule has 0 amide bonds. The van der Waals surface area contributed by atoms with Gasteiger partial charge in [-0.1, -0.05) is 0 Å². The number of hydrogen-bond acceptors (Lipinski definition) is 2. The molecule has 2 nitrogen and oxygen atoms in total. The summed E-state index contributed by atoms with van der Waals surface area (Å²) in [5.74, 6) is 0. The van der Waals surface area contributed by atoms with Crippen LogP contribution in [0.3, 0.4) is 0 Å². The van der Waals surface area contributed by atoms with Crippen molar-refractivity contribution >= 4 is 6.29 Å². The van der Waals surface area contributed by atoms with E-state index < -0.39 is 0 Å². The van der Waals surface area contributed by atoms with Gasteiger partial charge in [0.25, 0.3) is 0 Å². The number of hydrogen-bond donors (Lipinski definition) is 0. The van der Waals surface area contributed by atoms with E-state index in [1.807, 2.05) is 6.29 Å². The van der Waals surface area contributed by atoms with Crippen LogP contribution < -0.4 is 0 Å². The summed E-state index contributed by atoms with van der Waals surface area (Å²) in [7, 11) is 0. The normalized spacial score (nSPS) is 28.8. The molecule has 0 aromatic heterocycles. The molecule has 1 saturated heterocycles. The molecule has 0 saturated carbocycles. The lowest BCUT2D eigenvalue weighted by molar-refractivity contribution is 0.302. The number of rotatable bonds is 2. The molecule has 1 unspecified atom stereocenters. The van der Waals surface area contributed by atoms with Crippen LogP contribution >= 0.6 is 0 Å². The van der Waals surface area contributed by atoms with E-state index in [1.165, 1.54) is 12.8 Å². The van der Waals surface area contributed by atoms with Crippen LogP contribution in [-0.2, 0) is 4.79 Å². The first kappa shape index (κ1) is 6.75. The van der Waals surface area contributed by atoms with E-state index >= 15 is 0 Å². The van der Waals surface area contributed by atoms with Gasteiger partial charge in [0.15, 0.2) is 0 Å². The van der Waals surface area contributed by atoms with Gasteiger partial charge in [-0.05, 0) is 26.3 Å². The Bertz CT molecular complexity index is 103. The molecule has 1 rings (SSSR count). The third-order valence-electron chi connectivity index (χ3n) is 1.96. The van der Waals surface area contributed by atoms with Crippen LogP contribution in [0, 0.1) is 0 Å². The van der Waals surface area contributed by atoms with Gasteiger partial charge in [-0.2, -0.15) is 0 Å². The third kappa shape index (κ3) is 1.52. The zero-order valence-corrected chi connectivity index (χ0v) is 5.76. The Labute approximate surface area is 55.8 Å². The minimum Gasteiger partial charge on any atom is -0.293 e. The minimum absolute atomic E-state index is 0.501. The van der Waals surface area contributed by atoms with Crippen LogP contribution in [0.4, 0.5) is 0 Å². The van der Waals surface area contributed by atoms with Gasteiger partial charge in [-0.15, -0.1) is 0 Å². The minimum atomic E-state index is 0.501. The predicted octanol–water partition coefficient (Wildman–Crippen LogP) is 0.580. The van der Waals surface area contributed by atoms with Crippen molar-refractivity contribution in [2.75, 3.05) is 13.1 Å². The second kappa shape index (κ2) is 2.97. The number of likely N-dealkylation sites (tertiary alicyclic amines) is 1.